The van der Waals surface area contributed by atoms with E-state index in [1.165, 1.54) is 37.5 Å². The van der Waals surface area contributed by atoms with Crippen LogP contribution in [0.25, 0.3) is 6.08 Å². The average molecular weight is 406 g/mol. The van der Waals surface area contributed by atoms with Crippen LogP contribution in [0.15, 0.2) is 54.2 Å². The SMILES string of the molecule is COC(=O)c1ccc(CN2CCC(NC3CC3/C(C)=C/c3ccccc3)CC2)cn1. The lowest BCUT2D eigenvalue weighted by molar-refractivity contribution is 0.0594. The summed E-state index contributed by atoms with van der Waals surface area (Å²) in [5.41, 5.74) is 4.28. The van der Waals surface area contributed by atoms with Crippen molar-refractivity contribution < 1.29 is 9.53 Å². The maximum absolute atomic E-state index is 11.5. The first-order valence-corrected chi connectivity index (χ1v) is 10.9. The van der Waals surface area contributed by atoms with Crippen LogP contribution in [0.1, 0.15) is 47.8 Å². The molecule has 2 aliphatic rings. The highest BCUT2D eigenvalue weighted by Crippen LogP contribution is 2.38. The number of carbonyl (C=O) groups excluding carboxylic acids is 1. The number of ether oxygens (including phenoxy) is 1. The van der Waals surface area contributed by atoms with E-state index in [1.807, 2.05) is 6.07 Å². The van der Waals surface area contributed by atoms with Crippen molar-refractivity contribution in [2.75, 3.05) is 20.2 Å². The van der Waals surface area contributed by atoms with Crippen LogP contribution < -0.4 is 5.32 Å². The number of piperidine rings is 1. The molecule has 1 aliphatic heterocycles. The molecule has 2 heterocycles. The molecule has 1 aromatic heterocycles. The number of pyridine rings is 1. The summed E-state index contributed by atoms with van der Waals surface area (Å²) >= 11 is 0. The van der Waals surface area contributed by atoms with Crippen molar-refractivity contribution in [3.8, 4) is 0 Å². The number of methoxy groups -OCH3 is 1. The van der Waals surface area contributed by atoms with Crippen molar-refractivity contribution in [2.24, 2.45) is 5.92 Å². The molecule has 1 aliphatic carbocycles. The number of likely N-dealkylation sites (tertiary alicyclic amines) is 1. The van der Waals surface area contributed by atoms with Crippen molar-refractivity contribution in [2.45, 2.75) is 44.8 Å². The lowest BCUT2D eigenvalue weighted by Crippen LogP contribution is -2.43. The van der Waals surface area contributed by atoms with Crippen molar-refractivity contribution in [3.05, 3.63) is 71.1 Å². The summed E-state index contributed by atoms with van der Waals surface area (Å²) in [6, 6.07) is 15.6. The lowest BCUT2D eigenvalue weighted by atomic mass is 10.0. The summed E-state index contributed by atoms with van der Waals surface area (Å²) in [4.78, 5) is 18.2. The molecule has 4 rings (SSSR count). The smallest absolute Gasteiger partial charge is 0.356 e. The summed E-state index contributed by atoms with van der Waals surface area (Å²) in [7, 11) is 1.38. The van der Waals surface area contributed by atoms with Gasteiger partial charge in [0, 0.05) is 24.8 Å². The van der Waals surface area contributed by atoms with Crippen LogP contribution in [0, 0.1) is 5.92 Å². The normalized spacial score (nSPS) is 22.7. The van der Waals surface area contributed by atoms with Gasteiger partial charge >= 0.3 is 5.97 Å². The zero-order valence-corrected chi connectivity index (χ0v) is 17.9. The summed E-state index contributed by atoms with van der Waals surface area (Å²) in [6.07, 6.45) is 7.73. The molecule has 5 nitrogen and oxygen atoms in total. The van der Waals surface area contributed by atoms with Gasteiger partial charge in [-0.15, -0.1) is 0 Å². The summed E-state index contributed by atoms with van der Waals surface area (Å²) in [5, 5.41) is 3.89. The summed E-state index contributed by atoms with van der Waals surface area (Å²) in [6.45, 7) is 5.33. The molecule has 0 spiro atoms. The fourth-order valence-electron chi connectivity index (χ4n) is 4.36. The van der Waals surface area contributed by atoms with Crippen molar-refractivity contribution in [1.29, 1.82) is 0 Å². The molecule has 158 valence electrons. The highest BCUT2D eigenvalue weighted by molar-refractivity contribution is 5.86. The second kappa shape index (κ2) is 9.54. The molecule has 30 heavy (non-hydrogen) atoms. The minimum Gasteiger partial charge on any atom is -0.464 e. The topological polar surface area (TPSA) is 54.5 Å². The Kier molecular flexibility index (Phi) is 6.60. The Hall–Kier alpha value is -2.50. The van der Waals surface area contributed by atoms with E-state index in [0.717, 1.165) is 25.2 Å². The molecule has 0 radical (unpaired) electrons. The third kappa shape index (κ3) is 5.35. The number of nitrogens with one attached hydrogen (secondary N) is 1. The zero-order chi connectivity index (χ0) is 20.9. The number of aromatic nitrogens is 1. The fraction of sp³-hybridized carbons (Fsp3) is 0.440. The molecule has 1 saturated carbocycles. The monoisotopic (exact) mass is 405 g/mol. The van der Waals surface area contributed by atoms with E-state index in [-0.39, 0.29) is 5.97 Å². The molecule has 0 amide bonds. The number of rotatable bonds is 7. The minimum absolute atomic E-state index is 0.361. The van der Waals surface area contributed by atoms with Crippen LogP contribution in [-0.2, 0) is 11.3 Å². The van der Waals surface area contributed by atoms with Crippen LogP contribution in [0.3, 0.4) is 0 Å². The van der Waals surface area contributed by atoms with Gasteiger partial charge in [-0.25, -0.2) is 9.78 Å². The molecule has 2 unspecified atom stereocenters. The van der Waals surface area contributed by atoms with E-state index >= 15 is 0 Å². The van der Waals surface area contributed by atoms with Crippen LogP contribution in [0.2, 0.25) is 0 Å². The predicted octanol–water partition coefficient (Wildman–Crippen LogP) is 3.91. The summed E-state index contributed by atoms with van der Waals surface area (Å²) < 4.78 is 4.70. The average Bonchev–Trinajstić information content (AvgIpc) is 3.55. The van der Waals surface area contributed by atoms with Gasteiger partial charge in [0.15, 0.2) is 0 Å². The molecule has 2 atom stereocenters. The second-order valence-electron chi connectivity index (χ2n) is 8.51. The van der Waals surface area contributed by atoms with E-state index in [1.54, 1.807) is 12.3 Å². The molecular weight excluding hydrogens is 374 g/mol. The van der Waals surface area contributed by atoms with Gasteiger partial charge in [-0.3, -0.25) is 4.90 Å². The van der Waals surface area contributed by atoms with Gasteiger partial charge in [-0.05, 0) is 62.4 Å². The molecule has 2 fully saturated rings. The Morgan fingerprint density at radius 1 is 1.20 bits per heavy atom. The van der Waals surface area contributed by atoms with Crippen molar-refractivity contribution in [1.82, 2.24) is 15.2 Å². The van der Waals surface area contributed by atoms with Gasteiger partial charge in [-0.1, -0.05) is 48.0 Å². The number of hydrogen-bond acceptors (Lipinski definition) is 5. The predicted molar refractivity (Wildman–Crippen MR) is 119 cm³/mol. The first-order valence-electron chi connectivity index (χ1n) is 10.9. The Balaban J connectivity index is 1.20. The van der Waals surface area contributed by atoms with Crippen molar-refractivity contribution in [3.63, 3.8) is 0 Å². The van der Waals surface area contributed by atoms with Crippen molar-refractivity contribution >= 4 is 12.0 Å². The minimum atomic E-state index is -0.388. The maximum Gasteiger partial charge on any atom is 0.356 e. The standard InChI is InChI=1S/C25H31N3O2/c1-18(14-19-6-4-3-5-7-19)22-15-24(22)27-21-10-12-28(13-11-21)17-20-8-9-23(26-16-20)25(29)30-2/h3-9,14,16,21-22,24,27H,10-13,15,17H2,1-2H3/b18-14+. The third-order valence-electron chi connectivity index (χ3n) is 6.23. The molecule has 2 aromatic rings. The highest BCUT2D eigenvalue weighted by atomic mass is 16.5. The van der Waals surface area contributed by atoms with Gasteiger partial charge in [0.2, 0.25) is 0 Å². The number of carbonyl (C=O) groups is 1. The Morgan fingerprint density at radius 2 is 1.97 bits per heavy atom. The second-order valence-corrected chi connectivity index (χ2v) is 8.51. The third-order valence-corrected chi connectivity index (χ3v) is 6.23. The van der Waals surface area contributed by atoms with Crippen LogP contribution in [-0.4, -0.2) is 48.1 Å². The van der Waals surface area contributed by atoms with Crippen LogP contribution in [0.4, 0.5) is 0 Å². The van der Waals surface area contributed by atoms with E-state index in [0.29, 0.717) is 23.7 Å². The summed E-state index contributed by atoms with van der Waals surface area (Å²) in [5.74, 6) is 0.295. The Morgan fingerprint density at radius 3 is 2.63 bits per heavy atom. The first kappa shape index (κ1) is 20.8. The molecular formula is C25H31N3O2. The fourth-order valence-corrected chi connectivity index (χ4v) is 4.36. The molecule has 1 N–H and O–H groups in total. The number of benzene rings is 1. The number of hydrogen-bond donors (Lipinski definition) is 1. The molecule has 1 saturated heterocycles. The number of esters is 1. The first-order chi connectivity index (χ1) is 14.6. The van der Waals surface area contributed by atoms with E-state index in [2.05, 4.69) is 58.5 Å². The van der Waals surface area contributed by atoms with Gasteiger partial charge < -0.3 is 10.1 Å². The van der Waals surface area contributed by atoms with E-state index < -0.39 is 0 Å². The van der Waals surface area contributed by atoms with Crippen LogP contribution in [0.5, 0.6) is 0 Å². The van der Waals surface area contributed by atoms with Gasteiger partial charge in [0.1, 0.15) is 5.69 Å². The highest BCUT2D eigenvalue weighted by Gasteiger charge is 2.39. The van der Waals surface area contributed by atoms with E-state index in [4.69, 9.17) is 4.74 Å². The lowest BCUT2D eigenvalue weighted by Gasteiger charge is -2.32. The maximum atomic E-state index is 11.5. The van der Waals surface area contributed by atoms with E-state index in [9.17, 15) is 4.79 Å². The molecule has 1 aromatic carbocycles. The quantitative estimate of drug-likeness (QED) is 0.708. The van der Waals surface area contributed by atoms with Gasteiger partial charge in [0.25, 0.3) is 0 Å². The van der Waals surface area contributed by atoms with Gasteiger partial charge in [0.05, 0.1) is 7.11 Å². The zero-order valence-electron chi connectivity index (χ0n) is 17.9. The Bertz CT molecular complexity index is 871. The van der Waals surface area contributed by atoms with Crippen LogP contribution >= 0.6 is 0 Å². The Labute approximate surface area is 179 Å². The largest absolute Gasteiger partial charge is 0.464 e. The number of nitrogens with zero attached hydrogens (tertiary/aromatic N) is 2. The molecule has 0 bridgehead atoms. The van der Waals surface area contributed by atoms with Gasteiger partial charge in [-0.2, -0.15) is 0 Å². The molecule has 5 heteroatoms.